The molecule has 0 aromatic carbocycles. The second kappa shape index (κ2) is 33.5. The molecule has 0 aromatic heterocycles. The summed E-state index contributed by atoms with van der Waals surface area (Å²) in [5.41, 5.74) is 0. The molecule has 280 valence electrons. The smallest absolute Gasteiger partial charge is 0.462 e. The molecule has 0 amide bonds. The maximum atomic E-state index is 12.3. The van der Waals surface area contributed by atoms with Gasteiger partial charge in [0, 0.05) is 12.8 Å². The number of carbonyl (C=O) groups is 2. The van der Waals surface area contributed by atoms with Crippen molar-refractivity contribution in [2.75, 3.05) is 13.2 Å². The average Bonchev–Trinajstić information content (AvgIpc) is 3.02. The highest BCUT2D eigenvalue weighted by atomic mass is 31.2. The van der Waals surface area contributed by atoms with Crippen LogP contribution in [-0.2, 0) is 28.2 Å². The summed E-state index contributed by atoms with van der Waals surface area (Å²) in [6.45, 7) is 6.03. The van der Waals surface area contributed by atoms with Crippen LogP contribution in [0.3, 0.4) is 0 Å². The summed E-state index contributed by atoms with van der Waals surface area (Å²) in [7, 11) is -4.74. The zero-order valence-electron chi connectivity index (χ0n) is 30.9. The van der Waals surface area contributed by atoms with Crippen LogP contribution in [0.5, 0.6) is 0 Å². The third-order valence-corrected chi connectivity index (χ3v) is 9.29. The topological polar surface area (TPSA) is 119 Å². The quantitative estimate of drug-likeness (QED) is 0.0379. The zero-order valence-corrected chi connectivity index (χ0v) is 31.8. The van der Waals surface area contributed by atoms with Gasteiger partial charge in [0.25, 0.3) is 0 Å². The van der Waals surface area contributed by atoms with E-state index in [0.29, 0.717) is 6.42 Å². The number of rotatable bonds is 36. The van der Waals surface area contributed by atoms with E-state index >= 15 is 0 Å². The Morgan fingerprint density at radius 1 is 0.532 bits per heavy atom. The van der Waals surface area contributed by atoms with Gasteiger partial charge in [-0.15, -0.1) is 0 Å². The van der Waals surface area contributed by atoms with Gasteiger partial charge in [0.15, 0.2) is 6.10 Å². The largest absolute Gasteiger partial charge is 0.469 e. The Balaban J connectivity index is 3.86. The molecule has 0 aliphatic rings. The maximum absolute atomic E-state index is 12.3. The third kappa shape index (κ3) is 37.7. The molecular formula is C38H75O8P. The molecule has 0 radical (unpaired) electrons. The molecule has 0 spiro atoms. The van der Waals surface area contributed by atoms with Crippen molar-refractivity contribution in [2.45, 2.75) is 213 Å². The molecule has 47 heavy (non-hydrogen) atoms. The molecule has 0 unspecified atom stereocenters. The summed E-state index contributed by atoms with van der Waals surface area (Å²) in [5, 5.41) is 0. The van der Waals surface area contributed by atoms with Crippen LogP contribution in [0.15, 0.2) is 0 Å². The Kier molecular flexibility index (Phi) is 32.9. The highest BCUT2D eigenvalue weighted by molar-refractivity contribution is 7.46. The Labute approximate surface area is 289 Å². The summed E-state index contributed by atoms with van der Waals surface area (Å²) in [6.07, 6.45) is 32.6. The van der Waals surface area contributed by atoms with Crippen molar-refractivity contribution in [3.63, 3.8) is 0 Å². The van der Waals surface area contributed by atoms with Gasteiger partial charge in [0.2, 0.25) is 0 Å². The number of hydrogen-bond acceptors (Lipinski definition) is 6. The number of phosphoric ester groups is 1. The molecule has 0 aliphatic carbocycles. The van der Waals surface area contributed by atoms with E-state index in [2.05, 4.69) is 25.3 Å². The third-order valence-electron chi connectivity index (χ3n) is 8.80. The highest BCUT2D eigenvalue weighted by Crippen LogP contribution is 2.36. The van der Waals surface area contributed by atoms with E-state index < -0.39 is 32.5 Å². The number of carbonyl (C=O) groups excluding carboxylic acids is 2. The zero-order chi connectivity index (χ0) is 34.9. The Morgan fingerprint density at radius 3 is 1.28 bits per heavy atom. The molecule has 0 rings (SSSR count). The van der Waals surface area contributed by atoms with Gasteiger partial charge in [0.1, 0.15) is 6.61 Å². The van der Waals surface area contributed by atoms with Crippen molar-refractivity contribution in [3.8, 4) is 0 Å². The van der Waals surface area contributed by atoms with Gasteiger partial charge in [0.05, 0.1) is 6.61 Å². The van der Waals surface area contributed by atoms with E-state index in [1.165, 1.54) is 128 Å². The summed E-state index contributed by atoms with van der Waals surface area (Å²) >= 11 is 0. The van der Waals surface area contributed by atoms with Gasteiger partial charge < -0.3 is 19.3 Å². The molecule has 0 aromatic rings. The first kappa shape index (κ1) is 46.0. The molecule has 0 saturated carbocycles. The van der Waals surface area contributed by atoms with Gasteiger partial charge in [-0.2, -0.15) is 0 Å². The van der Waals surface area contributed by atoms with E-state index in [0.717, 1.165) is 44.4 Å². The Bertz CT molecular complexity index is 754. The molecule has 0 saturated heterocycles. The van der Waals surface area contributed by atoms with Gasteiger partial charge in [-0.3, -0.25) is 14.1 Å². The monoisotopic (exact) mass is 691 g/mol. The number of ether oxygens (including phenoxy) is 2. The predicted molar refractivity (Wildman–Crippen MR) is 193 cm³/mol. The first-order valence-electron chi connectivity index (χ1n) is 19.7. The molecular weight excluding hydrogens is 615 g/mol. The van der Waals surface area contributed by atoms with Gasteiger partial charge >= 0.3 is 19.8 Å². The second-order valence-electron chi connectivity index (χ2n) is 14.1. The van der Waals surface area contributed by atoms with E-state index in [4.69, 9.17) is 19.3 Å². The van der Waals surface area contributed by atoms with E-state index in [9.17, 15) is 14.2 Å². The summed E-state index contributed by atoms with van der Waals surface area (Å²) in [6, 6.07) is 0. The van der Waals surface area contributed by atoms with Gasteiger partial charge in [-0.1, -0.05) is 181 Å². The minimum Gasteiger partial charge on any atom is -0.462 e. The van der Waals surface area contributed by atoms with Gasteiger partial charge in [-0.25, -0.2) is 4.57 Å². The lowest BCUT2D eigenvalue weighted by molar-refractivity contribution is -0.161. The van der Waals surface area contributed by atoms with E-state index in [1.807, 2.05) is 0 Å². The average molecular weight is 691 g/mol. The maximum Gasteiger partial charge on any atom is 0.469 e. The Hall–Kier alpha value is -0.950. The van der Waals surface area contributed by atoms with Crippen LogP contribution in [-0.4, -0.2) is 41.0 Å². The lowest BCUT2D eigenvalue weighted by Crippen LogP contribution is -2.29. The van der Waals surface area contributed by atoms with E-state index in [-0.39, 0.29) is 19.4 Å². The second-order valence-corrected chi connectivity index (χ2v) is 15.3. The summed E-state index contributed by atoms with van der Waals surface area (Å²) in [5.74, 6) is -0.0341. The van der Waals surface area contributed by atoms with Crippen LogP contribution in [0, 0.1) is 5.92 Å². The number of phosphoric acid groups is 1. The minimum absolute atomic E-state index is 0.218. The van der Waals surface area contributed by atoms with Crippen molar-refractivity contribution in [1.82, 2.24) is 0 Å². The molecule has 9 heteroatoms. The number of esters is 2. The van der Waals surface area contributed by atoms with Crippen molar-refractivity contribution in [1.29, 1.82) is 0 Å². The first-order valence-corrected chi connectivity index (χ1v) is 21.2. The molecule has 2 N–H and O–H groups in total. The lowest BCUT2D eigenvalue weighted by Gasteiger charge is -2.18. The Morgan fingerprint density at radius 2 is 0.894 bits per heavy atom. The predicted octanol–water partition coefficient (Wildman–Crippen LogP) is 11.5. The number of hydrogen-bond donors (Lipinski definition) is 2. The minimum atomic E-state index is -4.74. The van der Waals surface area contributed by atoms with E-state index in [1.54, 1.807) is 0 Å². The van der Waals surface area contributed by atoms with Gasteiger partial charge in [-0.05, 0) is 18.8 Å². The fourth-order valence-corrected chi connectivity index (χ4v) is 6.21. The van der Waals surface area contributed by atoms with Crippen LogP contribution < -0.4 is 0 Å². The van der Waals surface area contributed by atoms with Crippen molar-refractivity contribution in [3.05, 3.63) is 0 Å². The molecule has 8 nitrogen and oxygen atoms in total. The standard InChI is InChI=1S/C38H75O8P/c1-4-5-6-7-8-9-15-20-23-26-29-32-38(40)46-36(34-45-47(41,42)43)33-44-37(39)31-28-25-22-19-17-14-12-10-11-13-16-18-21-24-27-30-35(2)3/h35-36H,4-34H2,1-3H3,(H2,41,42,43)/t36-/m1/s1. The van der Waals surface area contributed by atoms with Crippen LogP contribution in [0.25, 0.3) is 0 Å². The normalized spacial score (nSPS) is 12.5. The summed E-state index contributed by atoms with van der Waals surface area (Å²) in [4.78, 5) is 42.7. The molecule has 1 atom stereocenters. The van der Waals surface area contributed by atoms with Crippen molar-refractivity contribution >= 4 is 19.8 Å². The molecule has 0 bridgehead atoms. The molecule has 0 aliphatic heterocycles. The van der Waals surface area contributed by atoms with Crippen molar-refractivity contribution < 1.29 is 37.9 Å². The number of unbranched alkanes of at least 4 members (excludes halogenated alkanes) is 24. The lowest BCUT2D eigenvalue weighted by atomic mass is 10.0. The summed E-state index contributed by atoms with van der Waals surface area (Å²) < 4.78 is 26.3. The first-order chi connectivity index (χ1) is 22.6. The SMILES string of the molecule is CCCCCCCCCCCCCC(=O)O[C@H](COC(=O)CCCCCCCCCCCCCCCCCC(C)C)COP(=O)(O)O. The molecule has 0 fully saturated rings. The fourth-order valence-electron chi connectivity index (χ4n) is 5.85. The molecule has 0 heterocycles. The van der Waals surface area contributed by atoms with Crippen LogP contribution >= 0.6 is 7.82 Å². The van der Waals surface area contributed by atoms with Crippen molar-refractivity contribution in [2.24, 2.45) is 5.92 Å². The fraction of sp³-hybridized carbons (Fsp3) is 0.947. The van der Waals surface area contributed by atoms with Crippen LogP contribution in [0.1, 0.15) is 207 Å². The van der Waals surface area contributed by atoms with Crippen LogP contribution in [0.2, 0.25) is 0 Å². The highest BCUT2D eigenvalue weighted by Gasteiger charge is 2.22. The van der Waals surface area contributed by atoms with Crippen LogP contribution in [0.4, 0.5) is 0 Å².